The van der Waals surface area contributed by atoms with Crippen LogP contribution in [0.3, 0.4) is 0 Å². The highest BCUT2D eigenvalue weighted by Crippen LogP contribution is 2.21. The summed E-state index contributed by atoms with van der Waals surface area (Å²) in [6.07, 6.45) is 0. The maximum Gasteiger partial charge on any atom is 0.433 e. The molecule has 0 radical (unpaired) electrons. The zero-order chi connectivity index (χ0) is 21.1. The number of hydrogen-bond acceptors (Lipinski definition) is 9. The van der Waals surface area contributed by atoms with Crippen molar-refractivity contribution in [2.24, 2.45) is 0 Å². The molecule has 0 bridgehead atoms. The smallest absolute Gasteiger partial charge is 0.433 e. The van der Waals surface area contributed by atoms with Gasteiger partial charge in [0.15, 0.2) is 5.76 Å². The van der Waals surface area contributed by atoms with Crippen LogP contribution < -0.4 is 4.74 Å². The first-order valence-corrected chi connectivity index (χ1v) is 9.26. The summed E-state index contributed by atoms with van der Waals surface area (Å²) in [5, 5.41) is 14.7. The lowest BCUT2D eigenvalue weighted by Crippen LogP contribution is -2.48. The molecular formula is C19H19N5O6. The van der Waals surface area contributed by atoms with Crippen LogP contribution in [-0.2, 0) is 6.54 Å². The quantitative estimate of drug-likeness (QED) is 0.441. The number of hydrogen-bond donors (Lipinski definition) is 0. The fourth-order valence-corrected chi connectivity index (χ4v) is 3.17. The van der Waals surface area contributed by atoms with E-state index in [0.717, 1.165) is 11.3 Å². The molecule has 2 aromatic heterocycles. The molecule has 0 unspecified atom stereocenters. The summed E-state index contributed by atoms with van der Waals surface area (Å²) in [5.41, 5.74) is 0.828. The van der Waals surface area contributed by atoms with Gasteiger partial charge < -0.3 is 18.6 Å². The Morgan fingerprint density at radius 1 is 1.17 bits per heavy atom. The topological polar surface area (TPSA) is 128 Å². The van der Waals surface area contributed by atoms with Crippen molar-refractivity contribution in [2.75, 3.05) is 33.3 Å². The standard InChI is InChI=1S/C19H19N5O6/c1-28-14-4-2-13(3-5-14)18-20-16(30-21-18)12-22-8-10-23(11-9-22)19(25)15-6-7-17(29-15)24(26)27/h2-7H,8-12H2,1H3. The molecule has 1 fully saturated rings. The molecule has 0 spiro atoms. The number of aromatic nitrogens is 2. The number of benzene rings is 1. The highest BCUT2D eigenvalue weighted by atomic mass is 16.6. The van der Waals surface area contributed by atoms with E-state index in [2.05, 4.69) is 15.0 Å². The Bertz CT molecular complexity index is 1040. The van der Waals surface area contributed by atoms with E-state index in [4.69, 9.17) is 13.7 Å². The van der Waals surface area contributed by atoms with E-state index in [-0.39, 0.29) is 11.7 Å². The van der Waals surface area contributed by atoms with Crippen LogP contribution in [0.15, 0.2) is 45.3 Å². The maximum atomic E-state index is 12.4. The van der Waals surface area contributed by atoms with Crippen molar-refractivity contribution < 1.29 is 23.4 Å². The van der Waals surface area contributed by atoms with Crippen LogP contribution in [0.25, 0.3) is 11.4 Å². The summed E-state index contributed by atoms with van der Waals surface area (Å²) in [6.45, 7) is 2.61. The van der Waals surface area contributed by atoms with Crippen LogP contribution >= 0.6 is 0 Å². The van der Waals surface area contributed by atoms with Crippen molar-refractivity contribution in [1.82, 2.24) is 19.9 Å². The zero-order valence-electron chi connectivity index (χ0n) is 16.2. The molecule has 1 saturated heterocycles. The molecule has 4 rings (SSSR count). The van der Waals surface area contributed by atoms with E-state index in [0.29, 0.717) is 44.4 Å². The summed E-state index contributed by atoms with van der Waals surface area (Å²) >= 11 is 0. The summed E-state index contributed by atoms with van der Waals surface area (Å²) in [7, 11) is 1.60. The SMILES string of the molecule is COc1ccc(-c2noc(CN3CCN(C(=O)c4ccc([N+](=O)[O-])o4)CC3)n2)cc1. The Labute approximate surface area is 171 Å². The molecule has 11 nitrogen and oxygen atoms in total. The molecule has 11 heteroatoms. The molecule has 30 heavy (non-hydrogen) atoms. The van der Waals surface area contributed by atoms with E-state index >= 15 is 0 Å². The Morgan fingerprint density at radius 2 is 1.90 bits per heavy atom. The molecule has 0 aliphatic carbocycles. The lowest BCUT2D eigenvalue weighted by atomic mass is 10.2. The number of rotatable bonds is 6. The average Bonchev–Trinajstić information content (AvgIpc) is 3.44. The first-order valence-electron chi connectivity index (χ1n) is 9.26. The highest BCUT2D eigenvalue weighted by molar-refractivity contribution is 5.91. The largest absolute Gasteiger partial charge is 0.497 e. The van der Waals surface area contributed by atoms with Crippen LogP contribution in [-0.4, -0.2) is 64.1 Å². The number of nitrogens with zero attached hydrogens (tertiary/aromatic N) is 5. The number of furan rings is 1. The molecule has 0 saturated carbocycles. The van der Waals surface area contributed by atoms with Gasteiger partial charge in [0.2, 0.25) is 11.7 Å². The van der Waals surface area contributed by atoms with Crippen molar-refractivity contribution >= 4 is 11.8 Å². The number of piperazine rings is 1. The summed E-state index contributed by atoms with van der Waals surface area (Å²) in [6, 6.07) is 9.88. The Balaban J connectivity index is 1.32. The van der Waals surface area contributed by atoms with Gasteiger partial charge in [0.1, 0.15) is 10.7 Å². The number of carbonyl (C=O) groups excluding carboxylic acids is 1. The average molecular weight is 413 g/mol. The lowest BCUT2D eigenvalue weighted by molar-refractivity contribution is -0.402. The number of amides is 1. The van der Waals surface area contributed by atoms with Gasteiger partial charge in [-0.05, 0) is 30.3 Å². The van der Waals surface area contributed by atoms with Crippen LogP contribution in [0.2, 0.25) is 0 Å². The molecular weight excluding hydrogens is 394 g/mol. The second-order valence-electron chi connectivity index (χ2n) is 6.70. The van der Waals surface area contributed by atoms with Crippen LogP contribution in [0, 0.1) is 10.1 Å². The molecule has 3 aromatic rings. The third kappa shape index (κ3) is 4.15. The van der Waals surface area contributed by atoms with Crippen molar-refractivity contribution in [2.45, 2.75) is 6.54 Å². The zero-order valence-corrected chi connectivity index (χ0v) is 16.2. The third-order valence-corrected chi connectivity index (χ3v) is 4.82. The van der Waals surface area contributed by atoms with Gasteiger partial charge >= 0.3 is 5.88 Å². The predicted octanol–water partition coefficient (Wildman–Crippen LogP) is 2.20. The van der Waals surface area contributed by atoms with E-state index in [1.54, 1.807) is 12.0 Å². The second kappa shape index (κ2) is 8.33. The first kappa shape index (κ1) is 19.6. The molecule has 1 aliphatic heterocycles. The molecule has 3 heterocycles. The van der Waals surface area contributed by atoms with Crippen LogP contribution in [0.4, 0.5) is 5.88 Å². The first-order chi connectivity index (χ1) is 14.5. The number of nitro groups is 1. The van der Waals surface area contributed by atoms with E-state index < -0.39 is 10.8 Å². The number of carbonyl (C=O) groups is 1. The molecule has 0 atom stereocenters. The van der Waals surface area contributed by atoms with E-state index in [1.165, 1.54) is 12.1 Å². The van der Waals surface area contributed by atoms with Crippen LogP contribution in [0.5, 0.6) is 5.75 Å². The predicted molar refractivity (Wildman–Crippen MR) is 103 cm³/mol. The minimum Gasteiger partial charge on any atom is -0.497 e. The molecule has 1 amide bonds. The van der Waals surface area contributed by atoms with Gasteiger partial charge in [-0.2, -0.15) is 4.98 Å². The summed E-state index contributed by atoms with van der Waals surface area (Å²) in [4.78, 5) is 30.6. The van der Waals surface area contributed by atoms with Crippen molar-refractivity contribution in [1.29, 1.82) is 0 Å². The minimum absolute atomic E-state index is 0.0313. The van der Waals surface area contributed by atoms with Gasteiger partial charge in [-0.15, -0.1) is 0 Å². The van der Waals surface area contributed by atoms with E-state index in [9.17, 15) is 14.9 Å². The van der Waals surface area contributed by atoms with Gasteiger partial charge in [-0.3, -0.25) is 19.8 Å². The fraction of sp³-hybridized carbons (Fsp3) is 0.316. The van der Waals surface area contributed by atoms with Gasteiger partial charge in [-0.1, -0.05) is 5.16 Å². The summed E-state index contributed by atoms with van der Waals surface area (Å²) in [5.74, 6) is 0.904. The molecule has 0 N–H and O–H groups in total. The van der Waals surface area contributed by atoms with Crippen molar-refractivity contribution in [3.8, 4) is 17.1 Å². The Morgan fingerprint density at radius 3 is 2.53 bits per heavy atom. The number of methoxy groups -OCH3 is 1. The second-order valence-corrected chi connectivity index (χ2v) is 6.70. The monoisotopic (exact) mass is 413 g/mol. The van der Waals surface area contributed by atoms with Gasteiger partial charge in [0.25, 0.3) is 5.91 Å². The summed E-state index contributed by atoms with van der Waals surface area (Å²) < 4.78 is 15.5. The van der Waals surface area contributed by atoms with Crippen molar-refractivity contribution in [3.63, 3.8) is 0 Å². The minimum atomic E-state index is -0.667. The Hall–Kier alpha value is -3.73. The van der Waals surface area contributed by atoms with E-state index in [1.807, 2.05) is 24.3 Å². The Kier molecular flexibility index (Phi) is 5.44. The molecule has 156 valence electrons. The fourth-order valence-electron chi connectivity index (χ4n) is 3.17. The number of ether oxygens (including phenoxy) is 1. The molecule has 1 aromatic carbocycles. The van der Waals surface area contributed by atoms with Crippen LogP contribution in [0.1, 0.15) is 16.4 Å². The highest BCUT2D eigenvalue weighted by Gasteiger charge is 2.26. The van der Waals surface area contributed by atoms with Crippen molar-refractivity contribution in [3.05, 3.63) is 58.2 Å². The normalized spacial score (nSPS) is 14.6. The third-order valence-electron chi connectivity index (χ3n) is 4.82. The maximum absolute atomic E-state index is 12.4. The lowest BCUT2D eigenvalue weighted by Gasteiger charge is -2.33. The van der Waals surface area contributed by atoms with Gasteiger partial charge in [0.05, 0.1) is 19.7 Å². The van der Waals surface area contributed by atoms with Gasteiger partial charge in [-0.25, -0.2) is 0 Å². The molecule has 1 aliphatic rings. The van der Waals surface area contributed by atoms with Gasteiger partial charge in [0, 0.05) is 31.7 Å².